The summed E-state index contributed by atoms with van der Waals surface area (Å²) in [4.78, 5) is 26.7. The Hall–Kier alpha value is -3.24. The molecule has 2 aromatic carbocycles. The van der Waals surface area contributed by atoms with Gasteiger partial charge in [0.15, 0.2) is 0 Å². The molecule has 1 saturated heterocycles. The number of anilines is 3. The van der Waals surface area contributed by atoms with Gasteiger partial charge in [0.25, 0.3) is 10.0 Å². The van der Waals surface area contributed by atoms with Crippen molar-refractivity contribution in [2.24, 2.45) is 0 Å². The van der Waals surface area contributed by atoms with E-state index in [0.717, 1.165) is 33.7 Å². The minimum atomic E-state index is -4.16. The minimum Gasteiger partial charge on any atom is -0.324 e. The highest BCUT2D eigenvalue weighted by atomic mass is 32.2. The summed E-state index contributed by atoms with van der Waals surface area (Å²) in [6, 6.07) is 13.6. The lowest BCUT2D eigenvalue weighted by atomic mass is 10.1. The van der Waals surface area contributed by atoms with Gasteiger partial charge in [-0.3, -0.25) is 13.9 Å². The van der Waals surface area contributed by atoms with Gasteiger partial charge in [0.1, 0.15) is 16.6 Å². The lowest BCUT2D eigenvalue weighted by Gasteiger charge is -2.24. The molecule has 0 bridgehead atoms. The van der Waals surface area contributed by atoms with E-state index in [1.165, 1.54) is 24.3 Å². The Labute approximate surface area is 195 Å². The van der Waals surface area contributed by atoms with Crippen molar-refractivity contribution in [3.05, 3.63) is 71.4 Å². The Morgan fingerprint density at radius 2 is 1.97 bits per heavy atom. The molecule has 1 aliphatic rings. The molecule has 10 heteroatoms. The number of sulfonamides is 1. The van der Waals surface area contributed by atoms with Gasteiger partial charge in [0.2, 0.25) is 11.8 Å². The van der Waals surface area contributed by atoms with Crippen molar-refractivity contribution < 1.29 is 22.4 Å². The van der Waals surface area contributed by atoms with Crippen molar-refractivity contribution in [2.75, 3.05) is 27.6 Å². The van der Waals surface area contributed by atoms with E-state index in [4.69, 9.17) is 0 Å². The molecule has 1 aromatic heterocycles. The molecule has 0 spiro atoms. The van der Waals surface area contributed by atoms with Crippen LogP contribution in [-0.2, 0) is 19.6 Å². The second-order valence-corrected chi connectivity index (χ2v) is 10.6. The quantitative estimate of drug-likeness (QED) is 0.542. The molecule has 33 heavy (non-hydrogen) atoms. The fraction of sp³-hybridized carbons (Fsp3) is 0.217. The summed E-state index contributed by atoms with van der Waals surface area (Å²) in [6.07, 6.45) is 1.25. The van der Waals surface area contributed by atoms with Crippen LogP contribution in [0.2, 0.25) is 0 Å². The number of hydrogen-bond donors (Lipinski definition) is 1. The number of para-hydroxylation sites is 1. The first-order valence-electron chi connectivity index (χ1n) is 10.3. The molecule has 0 aliphatic carbocycles. The first-order valence-corrected chi connectivity index (χ1v) is 12.6. The predicted molar refractivity (Wildman–Crippen MR) is 127 cm³/mol. The molecule has 0 atom stereocenters. The molecule has 2 heterocycles. The molecule has 1 fully saturated rings. The van der Waals surface area contributed by atoms with Crippen LogP contribution in [0.15, 0.2) is 64.2 Å². The van der Waals surface area contributed by atoms with Gasteiger partial charge in [-0.15, -0.1) is 11.3 Å². The topological polar surface area (TPSA) is 86.8 Å². The van der Waals surface area contributed by atoms with Crippen LogP contribution in [0.5, 0.6) is 0 Å². The number of carbonyl (C=O) groups excluding carboxylic acids is 2. The van der Waals surface area contributed by atoms with E-state index in [1.54, 1.807) is 34.5 Å². The number of amides is 2. The van der Waals surface area contributed by atoms with Crippen LogP contribution >= 0.6 is 11.3 Å². The Bertz CT molecular complexity index is 1290. The van der Waals surface area contributed by atoms with Gasteiger partial charge < -0.3 is 10.2 Å². The van der Waals surface area contributed by atoms with Gasteiger partial charge in [-0.2, -0.15) is 0 Å². The summed E-state index contributed by atoms with van der Waals surface area (Å²) < 4.78 is 41.7. The van der Waals surface area contributed by atoms with Crippen LogP contribution < -0.4 is 14.5 Å². The van der Waals surface area contributed by atoms with Gasteiger partial charge in [-0.05, 0) is 54.6 Å². The lowest BCUT2D eigenvalue weighted by molar-refractivity contribution is -0.117. The van der Waals surface area contributed by atoms with E-state index in [0.29, 0.717) is 24.3 Å². The third-order valence-corrected chi connectivity index (χ3v) is 8.44. The average molecular weight is 488 g/mol. The SMILES string of the molecule is Cc1ccc(NC(=O)CN(c2ccccc2F)S(=O)(=O)c2cccs2)cc1N1CCCC1=O. The maximum atomic E-state index is 14.5. The van der Waals surface area contributed by atoms with Gasteiger partial charge in [-0.1, -0.05) is 24.3 Å². The van der Waals surface area contributed by atoms with E-state index < -0.39 is 28.3 Å². The summed E-state index contributed by atoms with van der Waals surface area (Å²) in [6.45, 7) is 1.87. The number of benzene rings is 2. The fourth-order valence-corrected chi connectivity index (χ4v) is 6.22. The molecule has 0 saturated carbocycles. The molecule has 172 valence electrons. The standard InChI is InChI=1S/C23H22FN3O4S2/c1-16-10-11-17(14-20(16)26-12-4-8-22(26)29)25-21(28)15-27(19-7-3-2-6-18(19)24)33(30,31)23-9-5-13-32-23/h2-3,5-7,9-11,13-14H,4,8,12,15H2,1H3,(H,25,28). The third kappa shape index (κ3) is 4.76. The lowest BCUT2D eigenvalue weighted by Crippen LogP contribution is -2.38. The van der Waals surface area contributed by atoms with Crippen molar-refractivity contribution in [2.45, 2.75) is 24.0 Å². The van der Waals surface area contributed by atoms with Gasteiger partial charge >= 0.3 is 0 Å². The molecule has 2 amide bonds. The summed E-state index contributed by atoms with van der Waals surface area (Å²) in [5.74, 6) is -1.37. The smallest absolute Gasteiger partial charge is 0.274 e. The molecule has 0 radical (unpaired) electrons. The fourth-order valence-electron chi connectivity index (χ4n) is 3.68. The summed E-state index contributed by atoms with van der Waals surface area (Å²) in [7, 11) is -4.16. The monoisotopic (exact) mass is 487 g/mol. The van der Waals surface area contributed by atoms with Crippen molar-refractivity contribution in [3.63, 3.8) is 0 Å². The molecule has 7 nitrogen and oxygen atoms in total. The van der Waals surface area contributed by atoms with Gasteiger partial charge in [0.05, 0.1) is 5.69 Å². The van der Waals surface area contributed by atoms with Crippen LogP contribution in [0.25, 0.3) is 0 Å². The minimum absolute atomic E-state index is 0.00345. The Balaban J connectivity index is 1.61. The number of halogens is 1. The first kappa shape index (κ1) is 22.9. The number of hydrogen-bond acceptors (Lipinski definition) is 5. The molecular formula is C23H22FN3O4S2. The van der Waals surface area contributed by atoms with E-state index in [-0.39, 0.29) is 15.8 Å². The molecule has 3 aromatic rings. The van der Waals surface area contributed by atoms with Crippen molar-refractivity contribution in [1.29, 1.82) is 0 Å². The van der Waals surface area contributed by atoms with Gasteiger partial charge in [-0.25, -0.2) is 12.8 Å². The van der Waals surface area contributed by atoms with Gasteiger partial charge in [0, 0.05) is 24.3 Å². The Kier molecular flexibility index (Phi) is 6.48. The third-order valence-electron chi connectivity index (χ3n) is 5.30. The number of thiophene rings is 1. The zero-order chi connectivity index (χ0) is 23.6. The molecule has 1 aliphatic heterocycles. The normalized spacial score (nSPS) is 13.9. The highest BCUT2D eigenvalue weighted by Crippen LogP contribution is 2.30. The van der Waals surface area contributed by atoms with Crippen LogP contribution in [0.1, 0.15) is 18.4 Å². The second-order valence-electron chi connectivity index (χ2n) is 7.59. The second kappa shape index (κ2) is 9.32. The summed E-state index contributed by atoms with van der Waals surface area (Å²) in [5, 5.41) is 4.28. The average Bonchev–Trinajstić information content (AvgIpc) is 3.46. The maximum Gasteiger partial charge on any atom is 0.274 e. The number of rotatable bonds is 7. The zero-order valence-electron chi connectivity index (χ0n) is 17.8. The number of nitrogens with one attached hydrogen (secondary N) is 1. The van der Waals surface area contributed by atoms with Crippen LogP contribution in [0.3, 0.4) is 0 Å². The zero-order valence-corrected chi connectivity index (χ0v) is 19.5. The van der Waals surface area contributed by atoms with Crippen LogP contribution in [0, 0.1) is 12.7 Å². The van der Waals surface area contributed by atoms with Crippen LogP contribution in [-0.4, -0.2) is 33.3 Å². The van der Waals surface area contributed by atoms with Crippen molar-refractivity contribution in [3.8, 4) is 0 Å². The Morgan fingerprint density at radius 1 is 1.18 bits per heavy atom. The summed E-state index contributed by atoms with van der Waals surface area (Å²) >= 11 is 0.986. The number of carbonyl (C=O) groups is 2. The maximum absolute atomic E-state index is 14.5. The molecular weight excluding hydrogens is 465 g/mol. The Morgan fingerprint density at radius 3 is 2.64 bits per heavy atom. The van der Waals surface area contributed by atoms with E-state index in [2.05, 4.69) is 5.32 Å². The molecule has 4 rings (SSSR count). The predicted octanol–water partition coefficient (Wildman–Crippen LogP) is 4.16. The van der Waals surface area contributed by atoms with E-state index in [1.807, 2.05) is 6.92 Å². The highest BCUT2D eigenvalue weighted by Gasteiger charge is 2.30. The van der Waals surface area contributed by atoms with Crippen molar-refractivity contribution in [1.82, 2.24) is 0 Å². The highest BCUT2D eigenvalue weighted by molar-refractivity contribution is 7.94. The number of aryl methyl sites for hydroxylation is 1. The van der Waals surface area contributed by atoms with Crippen molar-refractivity contribution >= 4 is 50.2 Å². The molecule has 1 N–H and O–H groups in total. The largest absolute Gasteiger partial charge is 0.324 e. The summed E-state index contributed by atoms with van der Waals surface area (Å²) in [5.41, 5.74) is 1.79. The first-order chi connectivity index (χ1) is 15.8. The van der Waals surface area contributed by atoms with E-state index in [9.17, 15) is 22.4 Å². The number of nitrogens with zero attached hydrogens (tertiary/aromatic N) is 2. The molecule has 0 unspecified atom stereocenters. The van der Waals surface area contributed by atoms with Crippen LogP contribution in [0.4, 0.5) is 21.5 Å². The van der Waals surface area contributed by atoms with E-state index >= 15 is 0 Å².